The van der Waals surface area contributed by atoms with E-state index in [0.29, 0.717) is 18.7 Å². The minimum absolute atomic E-state index is 0.101. The average Bonchev–Trinajstić information content (AvgIpc) is 2.94. The van der Waals surface area contributed by atoms with Gasteiger partial charge in [0, 0.05) is 13.1 Å². The molecule has 2 amide bonds. The number of nitrogens with zero attached hydrogens (tertiary/aromatic N) is 2. The summed E-state index contributed by atoms with van der Waals surface area (Å²) in [4.78, 5) is 29.2. The molecular formula is C33H43N3O4S. The fourth-order valence-corrected chi connectivity index (χ4v) is 6.05. The van der Waals surface area contributed by atoms with Crippen LogP contribution in [0.5, 0.6) is 0 Å². The fourth-order valence-electron chi connectivity index (χ4n) is 4.64. The standard InChI is InChI=1S/C33H43N3O4S/c1-7-9-20-34-33(38)31(8-2)35(22-28-13-11-10-12-26(28)5)32(37)23-36(29-17-16-25(4)27(6)21-29)41(39,40)30-18-14-24(3)15-19-30/h10-19,21,31H,7-9,20,22-23H2,1-6H3,(H,34,38). The Morgan fingerprint density at radius 1 is 0.854 bits per heavy atom. The van der Waals surface area contributed by atoms with Gasteiger partial charge in [0.15, 0.2) is 0 Å². The molecule has 0 fully saturated rings. The lowest BCUT2D eigenvalue weighted by atomic mass is 10.1. The van der Waals surface area contributed by atoms with Gasteiger partial charge in [-0.1, -0.05) is 68.3 Å². The normalized spacial score (nSPS) is 12.0. The summed E-state index contributed by atoms with van der Waals surface area (Å²) in [5, 5.41) is 2.97. The first-order chi connectivity index (χ1) is 19.5. The number of amides is 2. The summed E-state index contributed by atoms with van der Waals surface area (Å²) in [7, 11) is -4.10. The molecule has 0 aromatic heterocycles. The van der Waals surface area contributed by atoms with Gasteiger partial charge in [0.25, 0.3) is 10.0 Å². The first-order valence-electron chi connectivity index (χ1n) is 14.3. The predicted octanol–water partition coefficient (Wildman–Crippen LogP) is 5.84. The van der Waals surface area contributed by atoms with E-state index in [0.717, 1.165) is 40.7 Å². The SMILES string of the molecule is CCCCNC(=O)C(CC)N(Cc1ccccc1C)C(=O)CN(c1ccc(C)c(C)c1)S(=O)(=O)c1ccc(C)cc1. The van der Waals surface area contributed by atoms with Gasteiger partial charge in [0.05, 0.1) is 10.6 Å². The van der Waals surface area contributed by atoms with Crippen molar-refractivity contribution in [1.29, 1.82) is 0 Å². The lowest BCUT2D eigenvalue weighted by Crippen LogP contribution is -2.52. The Balaban J connectivity index is 2.07. The third kappa shape index (κ3) is 7.97. The monoisotopic (exact) mass is 577 g/mol. The molecule has 1 unspecified atom stereocenters. The Bertz CT molecular complexity index is 1450. The predicted molar refractivity (Wildman–Crippen MR) is 165 cm³/mol. The van der Waals surface area contributed by atoms with E-state index in [9.17, 15) is 18.0 Å². The van der Waals surface area contributed by atoms with E-state index in [-0.39, 0.29) is 17.3 Å². The van der Waals surface area contributed by atoms with E-state index < -0.39 is 28.5 Å². The second-order valence-electron chi connectivity index (χ2n) is 10.6. The van der Waals surface area contributed by atoms with Gasteiger partial charge < -0.3 is 10.2 Å². The number of carbonyl (C=O) groups is 2. The highest BCUT2D eigenvalue weighted by atomic mass is 32.2. The van der Waals surface area contributed by atoms with Crippen molar-refractivity contribution >= 4 is 27.5 Å². The molecule has 0 radical (unpaired) electrons. The molecule has 220 valence electrons. The summed E-state index contributed by atoms with van der Waals surface area (Å²) in [5.41, 5.74) is 5.16. The molecule has 0 heterocycles. The van der Waals surface area contributed by atoms with Crippen LogP contribution in [0.4, 0.5) is 5.69 Å². The zero-order valence-corrected chi connectivity index (χ0v) is 25.9. The molecular weight excluding hydrogens is 534 g/mol. The molecule has 3 aromatic carbocycles. The summed E-state index contributed by atoms with van der Waals surface area (Å²) >= 11 is 0. The number of benzene rings is 3. The maximum absolute atomic E-state index is 14.2. The fraction of sp³-hybridized carbons (Fsp3) is 0.394. The number of unbranched alkanes of at least 4 members (excludes halogenated alkanes) is 1. The van der Waals surface area contributed by atoms with Gasteiger partial charge in [0.1, 0.15) is 12.6 Å². The van der Waals surface area contributed by atoms with Crippen LogP contribution < -0.4 is 9.62 Å². The van der Waals surface area contributed by atoms with Crippen molar-refractivity contribution in [1.82, 2.24) is 10.2 Å². The number of rotatable bonds is 13. The third-order valence-electron chi connectivity index (χ3n) is 7.48. The molecule has 3 rings (SSSR count). The van der Waals surface area contributed by atoms with E-state index in [1.54, 1.807) is 36.4 Å². The van der Waals surface area contributed by atoms with Crippen molar-refractivity contribution in [3.05, 3.63) is 94.5 Å². The van der Waals surface area contributed by atoms with E-state index in [4.69, 9.17) is 0 Å². The zero-order valence-electron chi connectivity index (χ0n) is 25.1. The van der Waals surface area contributed by atoms with Gasteiger partial charge in [-0.2, -0.15) is 0 Å². The highest BCUT2D eigenvalue weighted by Crippen LogP contribution is 2.27. The summed E-state index contributed by atoms with van der Waals surface area (Å²) < 4.78 is 29.2. The number of hydrogen-bond donors (Lipinski definition) is 1. The van der Waals surface area contributed by atoms with Crippen LogP contribution in [0, 0.1) is 27.7 Å². The molecule has 0 saturated carbocycles. The maximum Gasteiger partial charge on any atom is 0.264 e. The summed E-state index contributed by atoms with van der Waals surface area (Å²) in [6.45, 7) is 11.9. The lowest BCUT2D eigenvalue weighted by molar-refractivity contribution is -0.140. The van der Waals surface area contributed by atoms with E-state index in [1.165, 1.54) is 9.21 Å². The topological polar surface area (TPSA) is 86.8 Å². The lowest BCUT2D eigenvalue weighted by Gasteiger charge is -2.33. The van der Waals surface area contributed by atoms with Gasteiger partial charge >= 0.3 is 0 Å². The average molecular weight is 578 g/mol. The molecule has 0 spiro atoms. The summed E-state index contributed by atoms with van der Waals surface area (Å²) in [6, 6.07) is 18.9. The second kappa shape index (κ2) is 14.3. The van der Waals surface area contributed by atoms with Crippen LogP contribution in [0.3, 0.4) is 0 Å². The van der Waals surface area contributed by atoms with Gasteiger partial charge in [-0.3, -0.25) is 13.9 Å². The largest absolute Gasteiger partial charge is 0.354 e. The molecule has 0 aliphatic carbocycles. The van der Waals surface area contributed by atoms with Crippen LogP contribution in [0.1, 0.15) is 60.9 Å². The molecule has 0 aliphatic rings. The molecule has 0 saturated heterocycles. The van der Waals surface area contributed by atoms with Gasteiger partial charge in [0.2, 0.25) is 11.8 Å². The van der Waals surface area contributed by atoms with Crippen LogP contribution >= 0.6 is 0 Å². The Morgan fingerprint density at radius 3 is 2.15 bits per heavy atom. The van der Waals surface area contributed by atoms with E-state index in [1.807, 2.05) is 71.9 Å². The van der Waals surface area contributed by atoms with Crippen molar-refractivity contribution in [2.24, 2.45) is 0 Å². The van der Waals surface area contributed by atoms with Crippen LogP contribution in [0.25, 0.3) is 0 Å². The zero-order chi connectivity index (χ0) is 30.2. The van der Waals surface area contributed by atoms with Gasteiger partial charge in [-0.15, -0.1) is 0 Å². The number of aryl methyl sites for hydroxylation is 4. The molecule has 0 bridgehead atoms. The molecule has 7 nitrogen and oxygen atoms in total. The third-order valence-corrected chi connectivity index (χ3v) is 9.27. The quantitative estimate of drug-likeness (QED) is 0.259. The summed E-state index contributed by atoms with van der Waals surface area (Å²) in [6.07, 6.45) is 2.16. The number of carbonyl (C=O) groups excluding carboxylic acids is 2. The van der Waals surface area contributed by atoms with Gasteiger partial charge in [-0.05, 0) is 87.1 Å². The van der Waals surface area contributed by atoms with E-state index >= 15 is 0 Å². The number of nitrogens with one attached hydrogen (secondary N) is 1. The first kappa shape index (κ1) is 31.9. The van der Waals surface area contributed by atoms with E-state index in [2.05, 4.69) is 5.32 Å². The smallest absolute Gasteiger partial charge is 0.264 e. The Morgan fingerprint density at radius 2 is 1.54 bits per heavy atom. The van der Waals surface area contributed by atoms with Crippen molar-refractivity contribution < 1.29 is 18.0 Å². The maximum atomic E-state index is 14.2. The Kier molecular flexibility index (Phi) is 11.1. The van der Waals surface area contributed by atoms with Crippen molar-refractivity contribution in [2.75, 3.05) is 17.4 Å². The second-order valence-corrected chi connectivity index (χ2v) is 12.5. The molecule has 8 heteroatoms. The van der Waals surface area contributed by atoms with Crippen molar-refractivity contribution in [3.8, 4) is 0 Å². The number of sulfonamides is 1. The molecule has 0 aliphatic heterocycles. The van der Waals surface area contributed by atoms with Crippen molar-refractivity contribution in [3.63, 3.8) is 0 Å². The van der Waals surface area contributed by atoms with Crippen LogP contribution in [-0.4, -0.2) is 44.3 Å². The number of anilines is 1. The number of hydrogen-bond acceptors (Lipinski definition) is 4. The molecule has 1 atom stereocenters. The molecule has 1 N–H and O–H groups in total. The Labute approximate surface area is 245 Å². The highest BCUT2D eigenvalue weighted by Gasteiger charge is 2.34. The van der Waals surface area contributed by atoms with Crippen LogP contribution in [0.15, 0.2) is 71.6 Å². The molecule has 41 heavy (non-hydrogen) atoms. The first-order valence-corrected chi connectivity index (χ1v) is 15.7. The minimum Gasteiger partial charge on any atom is -0.354 e. The molecule has 3 aromatic rings. The van der Waals surface area contributed by atoms with Gasteiger partial charge in [-0.25, -0.2) is 8.42 Å². The highest BCUT2D eigenvalue weighted by molar-refractivity contribution is 7.92. The van der Waals surface area contributed by atoms with Crippen molar-refractivity contribution in [2.45, 2.75) is 78.3 Å². The van der Waals surface area contributed by atoms with Crippen LogP contribution in [-0.2, 0) is 26.2 Å². The summed E-state index contributed by atoms with van der Waals surface area (Å²) in [5.74, 6) is -0.679. The van der Waals surface area contributed by atoms with Crippen LogP contribution in [0.2, 0.25) is 0 Å². The minimum atomic E-state index is -4.10. The Hall–Kier alpha value is -3.65.